The Hall–Kier alpha value is 0.0600. The van der Waals surface area contributed by atoms with Gasteiger partial charge in [-0.3, -0.25) is 0 Å². The van der Waals surface area contributed by atoms with Crippen molar-refractivity contribution in [3.05, 3.63) is 0 Å². The molecule has 13 heavy (non-hydrogen) atoms. The number of thiol groups is 1. The lowest BCUT2D eigenvalue weighted by molar-refractivity contribution is 0.971. The average molecular weight is 235 g/mol. The van der Waals surface area contributed by atoms with Crippen LogP contribution in [0.5, 0.6) is 0 Å². The first-order valence-corrected chi connectivity index (χ1v) is 6.42. The van der Waals surface area contributed by atoms with Gasteiger partial charge in [-0.05, 0) is 12.2 Å². The molecule has 0 unspecified atom stereocenters. The first-order valence-electron chi connectivity index (χ1n) is 3.98. The maximum Gasteiger partial charge on any atom is 0.208 e. The molecule has 3 nitrogen and oxygen atoms in total. The lowest BCUT2D eigenvalue weighted by atomic mass is 10.6. The van der Waals surface area contributed by atoms with Crippen LogP contribution < -0.4 is 4.90 Å². The molecule has 0 fully saturated rings. The van der Waals surface area contributed by atoms with Crippen LogP contribution in [0.1, 0.15) is 6.42 Å². The van der Waals surface area contributed by atoms with Crippen LogP contribution in [0.3, 0.4) is 0 Å². The highest BCUT2D eigenvalue weighted by molar-refractivity contribution is 8.01. The van der Waals surface area contributed by atoms with Crippen molar-refractivity contribution in [1.29, 1.82) is 0 Å². The summed E-state index contributed by atoms with van der Waals surface area (Å²) in [5.41, 5.74) is 0. The predicted octanol–water partition coefficient (Wildman–Crippen LogP) is 2.02. The van der Waals surface area contributed by atoms with Gasteiger partial charge < -0.3 is 4.90 Å². The normalized spacial score (nSPS) is 10.4. The molecular weight excluding hydrogens is 222 g/mol. The van der Waals surface area contributed by atoms with Crippen LogP contribution >= 0.6 is 35.7 Å². The molecule has 1 aromatic heterocycles. The zero-order valence-electron chi connectivity index (χ0n) is 7.73. The van der Waals surface area contributed by atoms with Crippen molar-refractivity contribution in [3.8, 4) is 0 Å². The van der Waals surface area contributed by atoms with Crippen LogP contribution in [-0.2, 0) is 0 Å². The molecule has 0 radical (unpaired) electrons. The number of rotatable bonds is 5. The van der Waals surface area contributed by atoms with Crippen molar-refractivity contribution < 1.29 is 0 Å². The van der Waals surface area contributed by atoms with Gasteiger partial charge in [0.15, 0.2) is 4.34 Å². The third-order valence-corrected chi connectivity index (χ3v) is 3.93. The third kappa shape index (κ3) is 3.74. The Morgan fingerprint density at radius 1 is 1.46 bits per heavy atom. The molecule has 0 spiro atoms. The summed E-state index contributed by atoms with van der Waals surface area (Å²) in [6, 6.07) is 0. The molecule has 0 bridgehead atoms. The van der Waals surface area contributed by atoms with Crippen LogP contribution in [0.4, 0.5) is 5.13 Å². The van der Waals surface area contributed by atoms with Crippen LogP contribution in [0.25, 0.3) is 0 Å². The van der Waals surface area contributed by atoms with Crippen LogP contribution in [0.15, 0.2) is 4.34 Å². The number of thioether (sulfide) groups is 1. The van der Waals surface area contributed by atoms with Crippen molar-refractivity contribution in [2.75, 3.05) is 30.5 Å². The van der Waals surface area contributed by atoms with Gasteiger partial charge in [-0.25, -0.2) is 0 Å². The van der Waals surface area contributed by atoms with E-state index in [4.69, 9.17) is 0 Å². The van der Waals surface area contributed by atoms with E-state index in [0.29, 0.717) is 0 Å². The summed E-state index contributed by atoms with van der Waals surface area (Å²) in [5.74, 6) is 2.01. The fourth-order valence-corrected chi connectivity index (χ4v) is 2.81. The molecule has 0 atom stereocenters. The smallest absolute Gasteiger partial charge is 0.208 e. The number of hydrogen-bond donors (Lipinski definition) is 1. The van der Waals surface area contributed by atoms with Crippen molar-refractivity contribution in [2.45, 2.75) is 10.8 Å². The fourth-order valence-electron chi connectivity index (χ4n) is 0.666. The maximum atomic E-state index is 4.15. The van der Waals surface area contributed by atoms with Gasteiger partial charge in [0.2, 0.25) is 5.13 Å². The Bertz CT molecular complexity index is 249. The number of aromatic nitrogens is 2. The van der Waals surface area contributed by atoms with Gasteiger partial charge in [0.1, 0.15) is 0 Å². The maximum absolute atomic E-state index is 4.15. The van der Waals surface area contributed by atoms with Gasteiger partial charge >= 0.3 is 0 Å². The molecule has 1 rings (SSSR count). The molecule has 0 aliphatic carbocycles. The van der Waals surface area contributed by atoms with Gasteiger partial charge in [-0.1, -0.05) is 23.1 Å². The Labute approximate surface area is 92.3 Å². The molecule has 0 saturated heterocycles. The van der Waals surface area contributed by atoms with Crippen molar-refractivity contribution in [3.63, 3.8) is 0 Å². The summed E-state index contributed by atoms with van der Waals surface area (Å²) < 4.78 is 1.05. The van der Waals surface area contributed by atoms with Gasteiger partial charge in [-0.2, -0.15) is 12.6 Å². The Kier molecular flexibility index (Phi) is 4.90. The number of anilines is 1. The molecule has 1 aromatic rings. The molecule has 1 heterocycles. The number of nitrogens with zero attached hydrogens (tertiary/aromatic N) is 3. The van der Waals surface area contributed by atoms with Crippen LogP contribution in [0, 0.1) is 0 Å². The van der Waals surface area contributed by atoms with E-state index in [0.717, 1.165) is 27.4 Å². The highest BCUT2D eigenvalue weighted by Gasteiger charge is 2.04. The zero-order valence-corrected chi connectivity index (χ0v) is 10.3. The minimum absolute atomic E-state index is 0.937. The SMILES string of the molecule is CN(C)c1nnc(SCCCS)s1. The highest BCUT2D eigenvalue weighted by atomic mass is 32.2. The van der Waals surface area contributed by atoms with E-state index in [9.17, 15) is 0 Å². The van der Waals surface area contributed by atoms with E-state index in [2.05, 4.69) is 22.8 Å². The van der Waals surface area contributed by atoms with Gasteiger partial charge in [0.25, 0.3) is 0 Å². The highest BCUT2D eigenvalue weighted by Crippen LogP contribution is 2.26. The van der Waals surface area contributed by atoms with Crippen LogP contribution in [0.2, 0.25) is 0 Å². The molecule has 6 heteroatoms. The summed E-state index contributed by atoms with van der Waals surface area (Å²) in [7, 11) is 3.95. The van der Waals surface area contributed by atoms with Gasteiger partial charge in [0, 0.05) is 19.8 Å². The van der Waals surface area contributed by atoms with E-state index in [1.807, 2.05) is 19.0 Å². The first kappa shape index (κ1) is 11.1. The Morgan fingerprint density at radius 3 is 2.77 bits per heavy atom. The standard InChI is InChI=1S/C7H13N3S3/c1-10(2)6-8-9-7(13-6)12-5-3-4-11/h11H,3-5H2,1-2H3. The second-order valence-corrected chi connectivity index (χ2v) is 5.42. The molecule has 0 N–H and O–H groups in total. The van der Waals surface area contributed by atoms with Crippen molar-refractivity contribution >= 4 is 40.9 Å². The minimum atomic E-state index is 0.937. The summed E-state index contributed by atoms with van der Waals surface area (Å²) >= 11 is 7.54. The third-order valence-electron chi connectivity index (χ3n) is 1.31. The monoisotopic (exact) mass is 235 g/mol. The second kappa shape index (κ2) is 5.72. The van der Waals surface area contributed by atoms with Crippen LogP contribution in [-0.4, -0.2) is 35.8 Å². The van der Waals surface area contributed by atoms with E-state index >= 15 is 0 Å². The van der Waals surface area contributed by atoms with E-state index < -0.39 is 0 Å². The Balaban J connectivity index is 2.40. The zero-order chi connectivity index (χ0) is 9.68. The molecular formula is C7H13N3S3. The summed E-state index contributed by atoms with van der Waals surface area (Å²) in [6.07, 6.45) is 1.12. The predicted molar refractivity (Wildman–Crippen MR) is 63.4 cm³/mol. The minimum Gasteiger partial charge on any atom is -0.353 e. The van der Waals surface area contributed by atoms with Gasteiger partial charge in [0.05, 0.1) is 0 Å². The van der Waals surface area contributed by atoms with E-state index in [-0.39, 0.29) is 0 Å². The molecule has 0 saturated carbocycles. The van der Waals surface area contributed by atoms with Gasteiger partial charge in [-0.15, -0.1) is 10.2 Å². The summed E-state index contributed by atoms with van der Waals surface area (Å²) in [4.78, 5) is 1.97. The molecule has 0 aromatic carbocycles. The Morgan fingerprint density at radius 2 is 2.23 bits per heavy atom. The van der Waals surface area contributed by atoms with Crippen molar-refractivity contribution in [1.82, 2.24) is 10.2 Å². The van der Waals surface area contributed by atoms with Crippen molar-refractivity contribution in [2.24, 2.45) is 0 Å². The molecule has 74 valence electrons. The quantitative estimate of drug-likeness (QED) is 0.480. The fraction of sp³-hybridized carbons (Fsp3) is 0.714. The first-order chi connectivity index (χ1) is 6.24. The lowest BCUT2D eigenvalue weighted by Crippen LogP contribution is -2.07. The average Bonchev–Trinajstić information content (AvgIpc) is 2.53. The molecule has 0 aliphatic heterocycles. The number of hydrogen-bond acceptors (Lipinski definition) is 6. The summed E-state index contributed by atoms with van der Waals surface area (Å²) in [6.45, 7) is 0. The molecule has 0 amide bonds. The summed E-state index contributed by atoms with van der Waals surface area (Å²) in [5, 5.41) is 9.09. The van der Waals surface area contributed by atoms with E-state index in [1.54, 1.807) is 23.1 Å². The molecule has 0 aliphatic rings. The second-order valence-electron chi connectivity index (χ2n) is 2.67. The largest absolute Gasteiger partial charge is 0.353 e. The van der Waals surface area contributed by atoms with E-state index in [1.165, 1.54) is 0 Å². The lowest BCUT2D eigenvalue weighted by Gasteiger charge is -2.03. The topological polar surface area (TPSA) is 29.0 Å².